The number of ether oxygens (including phenoxy) is 1. The minimum atomic E-state index is -0.777. The maximum absolute atomic E-state index is 11.7. The van der Waals surface area contributed by atoms with E-state index in [1.165, 1.54) is 0 Å². The molecule has 0 bridgehead atoms. The zero-order valence-corrected chi connectivity index (χ0v) is 11.7. The minimum absolute atomic E-state index is 0.0509. The van der Waals surface area contributed by atoms with Crippen LogP contribution < -0.4 is 10.1 Å². The zero-order chi connectivity index (χ0) is 14.9. The molecular weight excluding hydrogens is 266 g/mol. The third kappa shape index (κ3) is 5.28. The Hall–Kier alpha value is -2.33. The molecule has 1 unspecified atom stereocenters. The predicted octanol–water partition coefficient (Wildman–Crippen LogP) is 2.31. The van der Waals surface area contributed by atoms with Crippen molar-refractivity contribution in [2.24, 2.45) is 0 Å². The summed E-state index contributed by atoms with van der Waals surface area (Å²) >= 11 is 0. The summed E-state index contributed by atoms with van der Waals surface area (Å²) < 4.78 is 5.47. The third-order valence-electron chi connectivity index (χ3n) is 3.00. The smallest absolute Gasteiger partial charge is 0.223 e. The number of amides is 1. The fraction of sp³-hybridized carbons (Fsp3) is 0.235. The second-order valence-corrected chi connectivity index (χ2v) is 4.64. The molecule has 0 aliphatic rings. The molecule has 0 fully saturated rings. The highest BCUT2D eigenvalue weighted by Crippen LogP contribution is 2.15. The number of nitrogens with one attached hydrogen (secondary N) is 1. The average molecular weight is 285 g/mol. The van der Waals surface area contributed by atoms with Gasteiger partial charge in [0.1, 0.15) is 12.4 Å². The monoisotopic (exact) mass is 285 g/mol. The largest absolute Gasteiger partial charge is 0.492 e. The van der Waals surface area contributed by atoms with Crippen LogP contribution in [0.4, 0.5) is 0 Å². The maximum Gasteiger partial charge on any atom is 0.223 e. The molecule has 21 heavy (non-hydrogen) atoms. The van der Waals surface area contributed by atoms with E-state index in [0.29, 0.717) is 13.2 Å². The topological polar surface area (TPSA) is 58.6 Å². The van der Waals surface area contributed by atoms with Crippen LogP contribution in [-0.2, 0) is 4.79 Å². The molecule has 0 heterocycles. The van der Waals surface area contributed by atoms with Crippen molar-refractivity contribution in [1.82, 2.24) is 5.32 Å². The second kappa shape index (κ2) is 8.07. The van der Waals surface area contributed by atoms with Crippen molar-refractivity contribution < 1.29 is 14.6 Å². The van der Waals surface area contributed by atoms with Crippen LogP contribution in [0.25, 0.3) is 0 Å². The highest BCUT2D eigenvalue weighted by Gasteiger charge is 2.12. The SMILES string of the molecule is O=C(CC(O)c1ccccc1)NCCOc1ccccc1. The van der Waals surface area contributed by atoms with Crippen LogP contribution >= 0.6 is 0 Å². The first-order valence-corrected chi connectivity index (χ1v) is 6.93. The summed E-state index contributed by atoms with van der Waals surface area (Å²) in [6.45, 7) is 0.812. The van der Waals surface area contributed by atoms with Crippen LogP contribution in [0.2, 0.25) is 0 Å². The highest BCUT2D eigenvalue weighted by atomic mass is 16.5. The lowest BCUT2D eigenvalue weighted by Gasteiger charge is -2.11. The van der Waals surface area contributed by atoms with Gasteiger partial charge >= 0.3 is 0 Å². The summed E-state index contributed by atoms with van der Waals surface area (Å²) in [5, 5.41) is 12.7. The molecule has 2 aromatic carbocycles. The van der Waals surface area contributed by atoms with E-state index in [4.69, 9.17) is 4.74 Å². The van der Waals surface area contributed by atoms with Gasteiger partial charge in [-0.05, 0) is 17.7 Å². The van der Waals surface area contributed by atoms with Gasteiger partial charge in [-0.25, -0.2) is 0 Å². The van der Waals surface area contributed by atoms with Crippen molar-refractivity contribution in [3.63, 3.8) is 0 Å². The van der Waals surface area contributed by atoms with Crippen molar-refractivity contribution >= 4 is 5.91 Å². The molecule has 2 aromatic rings. The van der Waals surface area contributed by atoms with Crippen LogP contribution in [0, 0.1) is 0 Å². The van der Waals surface area contributed by atoms with E-state index in [9.17, 15) is 9.90 Å². The Kier molecular flexibility index (Phi) is 5.79. The van der Waals surface area contributed by atoms with Gasteiger partial charge in [0.15, 0.2) is 0 Å². The van der Waals surface area contributed by atoms with E-state index < -0.39 is 6.10 Å². The molecule has 4 heteroatoms. The molecule has 0 aliphatic heterocycles. The van der Waals surface area contributed by atoms with Crippen molar-refractivity contribution in [1.29, 1.82) is 0 Å². The molecule has 0 saturated carbocycles. The summed E-state index contributed by atoms with van der Waals surface area (Å²) in [6.07, 6.45) is -0.726. The maximum atomic E-state index is 11.7. The molecular formula is C17H19NO3. The molecule has 2 rings (SSSR count). The van der Waals surface area contributed by atoms with Crippen LogP contribution in [0.15, 0.2) is 60.7 Å². The quantitative estimate of drug-likeness (QED) is 0.767. The summed E-state index contributed by atoms with van der Waals surface area (Å²) in [5.74, 6) is 0.582. The first kappa shape index (κ1) is 15.1. The van der Waals surface area contributed by atoms with Crippen LogP contribution in [-0.4, -0.2) is 24.2 Å². The van der Waals surface area contributed by atoms with E-state index in [2.05, 4.69) is 5.32 Å². The molecule has 0 spiro atoms. The summed E-state index contributed by atoms with van der Waals surface area (Å²) in [4.78, 5) is 11.7. The number of para-hydroxylation sites is 1. The van der Waals surface area contributed by atoms with E-state index in [1.807, 2.05) is 48.5 Å². The van der Waals surface area contributed by atoms with Gasteiger partial charge in [0.2, 0.25) is 5.91 Å². The third-order valence-corrected chi connectivity index (χ3v) is 3.00. The zero-order valence-electron chi connectivity index (χ0n) is 11.7. The lowest BCUT2D eigenvalue weighted by atomic mass is 10.1. The predicted molar refractivity (Wildman–Crippen MR) is 81.0 cm³/mol. The first-order chi connectivity index (χ1) is 10.3. The Morgan fingerprint density at radius 1 is 1.05 bits per heavy atom. The molecule has 2 N–H and O–H groups in total. The number of carbonyl (C=O) groups excluding carboxylic acids is 1. The average Bonchev–Trinajstić information content (AvgIpc) is 2.53. The van der Waals surface area contributed by atoms with Gasteiger partial charge in [0, 0.05) is 0 Å². The summed E-state index contributed by atoms with van der Waals surface area (Å²) in [5.41, 5.74) is 0.744. The molecule has 0 radical (unpaired) electrons. The second-order valence-electron chi connectivity index (χ2n) is 4.64. The Morgan fingerprint density at radius 3 is 2.33 bits per heavy atom. The number of hydrogen-bond donors (Lipinski definition) is 2. The minimum Gasteiger partial charge on any atom is -0.492 e. The Morgan fingerprint density at radius 2 is 1.67 bits per heavy atom. The molecule has 0 saturated heterocycles. The van der Waals surface area contributed by atoms with Crippen molar-refractivity contribution in [3.05, 3.63) is 66.2 Å². The molecule has 1 atom stereocenters. The van der Waals surface area contributed by atoms with Crippen molar-refractivity contribution in [2.45, 2.75) is 12.5 Å². The fourth-order valence-corrected chi connectivity index (χ4v) is 1.92. The van der Waals surface area contributed by atoms with Gasteiger partial charge in [-0.15, -0.1) is 0 Å². The van der Waals surface area contributed by atoms with Gasteiger partial charge in [-0.3, -0.25) is 4.79 Å². The number of hydrogen-bond acceptors (Lipinski definition) is 3. The van der Waals surface area contributed by atoms with E-state index in [1.54, 1.807) is 12.1 Å². The van der Waals surface area contributed by atoms with Gasteiger partial charge < -0.3 is 15.2 Å². The molecule has 1 amide bonds. The van der Waals surface area contributed by atoms with Crippen LogP contribution in [0.1, 0.15) is 18.1 Å². The summed E-state index contributed by atoms with van der Waals surface area (Å²) in [6, 6.07) is 18.6. The van der Waals surface area contributed by atoms with Gasteiger partial charge in [-0.1, -0.05) is 48.5 Å². The highest BCUT2D eigenvalue weighted by molar-refractivity contribution is 5.76. The lowest BCUT2D eigenvalue weighted by Crippen LogP contribution is -2.29. The van der Waals surface area contributed by atoms with Gasteiger partial charge in [-0.2, -0.15) is 0 Å². The van der Waals surface area contributed by atoms with Crippen molar-refractivity contribution in [3.8, 4) is 5.75 Å². The Labute approximate surface area is 124 Å². The molecule has 0 aliphatic carbocycles. The fourth-order valence-electron chi connectivity index (χ4n) is 1.92. The molecule has 4 nitrogen and oxygen atoms in total. The van der Waals surface area contributed by atoms with E-state index in [-0.39, 0.29) is 12.3 Å². The number of benzene rings is 2. The van der Waals surface area contributed by atoms with Crippen LogP contribution in [0.3, 0.4) is 0 Å². The number of aliphatic hydroxyl groups excluding tert-OH is 1. The number of carbonyl (C=O) groups is 1. The molecule has 110 valence electrons. The number of aliphatic hydroxyl groups is 1. The lowest BCUT2D eigenvalue weighted by molar-refractivity contribution is -0.123. The van der Waals surface area contributed by atoms with E-state index >= 15 is 0 Å². The summed E-state index contributed by atoms with van der Waals surface area (Å²) in [7, 11) is 0. The normalized spacial score (nSPS) is 11.7. The van der Waals surface area contributed by atoms with Crippen molar-refractivity contribution in [2.75, 3.05) is 13.2 Å². The van der Waals surface area contributed by atoms with E-state index in [0.717, 1.165) is 11.3 Å². The number of rotatable bonds is 7. The van der Waals surface area contributed by atoms with Gasteiger partial charge in [0.05, 0.1) is 19.1 Å². The Balaban J connectivity index is 1.66. The standard InChI is InChI=1S/C17H19NO3/c19-16(14-7-3-1-4-8-14)13-17(20)18-11-12-21-15-9-5-2-6-10-15/h1-10,16,19H,11-13H2,(H,18,20). The van der Waals surface area contributed by atoms with Crippen LogP contribution in [0.5, 0.6) is 5.75 Å². The molecule has 0 aromatic heterocycles. The Bertz CT molecular complexity index is 542. The van der Waals surface area contributed by atoms with Gasteiger partial charge in [0.25, 0.3) is 0 Å². The first-order valence-electron chi connectivity index (χ1n) is 6.93.